The topological polar surface area (TPSA) is 66.5 Å². The molecule has 0 radical (unpaired) electrons. The van der Waals surface area contributed by atoms with Gasteiger partial charge in [-0.15, -0.1) is 0 Å². The molecule has 0 fully saturated rings. The smallest absolute Gasteiger partial charge is 0.243 e. The largest absolute Gasteiger partial charge is 0.353 e. The molecule has 0 saturated carbocycles. The molecular formula is C20H25ClN2O3S. The first-order chi connectivity index (χ1) is 12.7. The van der Waals surface area contributed by atoms with Crippen LogP contribution in [0.25, 0.3) is 0 Å². The van der Waals surface area contributed by atoms with E-state index in [1.807, 2.05) is 20.8 Å². The van der Waals surface area contributed by atoms with Crippen molar-refractivity contribution < 1.29 is 13.2 Å². The Morgan fingerprint density at radius 2 is 1.85 bits per heavy atom. The maximum absolute atomic E-state index is 13.1. The zero-order valence-corrected chi connectivity index (χ0v) is 17.3. The first kappa shape index (κ1) is 21.4. The van der Waals surface area contributed by atoms with Crippen LogP contribution in [0.15, 0.2) is 53.4 Å². The summed E-state index contributed by atoms with van der Waals surface area (Å²) in [6.45, 7) is 5.53. The first-order valence-corrected chi connectivity index (χ1v) is 10.6. The van der Waals surface area contributed by atoms with E-state index in [-0.39, 0.29) is 29.9 Å². The lowest BCUT2D eigenvalue weighted by Crippen LogP contribution is -2.43. The molecule has 0 aromatic heterocycles. The van der Waals surface area contributed by atoms with Gasteiger partial charge in [-0.1, -0.05) is 48.4 Å². The Kier molecular flexibility index (Phi) is 7.41. The number of nitrogens with one attached hydrogen (secondary N) is 1. The van der Waals surface area contributed by atoms with Crippen LogP contribution in [-0.4, -0.2) is 31.2 Å². The van der Waals surface area contributed by atoms with Crippen molar-refractivity contribution in [2.45, 2.75) is 44.7 Å². The summed E-state index contributed by atoms with van der Waals surface area (Å²) < 4.78 is 27.5. The molecule has 146 valence electrons. The second kappa shape index (κ2) is 9.35. The van der Waals surface area contributed by atoms with E-state index in [2.05, 4.69) is 5.32 Å². The van der Waals surface area contributed by atoms with Crippen LogP contribution < -0.4 is 5.32 Å². The molecule has 0 unspecified atom stereocenters. The highest BCUT2D eigenvalue weighted by Crippen LogP contribution is 2.20. The van der Waals surface area contributed by atoms with Crippen LogP contribution in [-0.2, 0) is 21.4 Å². The fourth-order valence-electron chi connectivity index (χ4n) is 2.51. The third kappa shape index (κ3) is 6.06. The summed E-state index contributed by atoms with van der Waals surface area (Å²) in [6, 6.07) is 13.5. The zero-order chi connectivity index (χ0) is 20.0. The third-order valence-electron chi connectivity index (χ3n) is 4.25. The quantitative estimate of drug-likeness (QED) is 0.723. The highest BCUT2D eigenvalue weighted by molar-refractivity contribution is 7.89. The van der Waals surface area contributed by atoms with Crippen LogP contribution in [0.4, 0.5) is 0 Å². The lowest BCUT2D eigenvalue weighted by atomic mass is 10.2. The molecule has 0 aliphatic rings. The Bertz CT molecular complexity index is 882. The van der Waals surface area contributed by atoms with E-state index in [1.54, 1.807) is 48.5 Å². The van der Waals surface area contributed by atoms with Gasteiger partial charge in [-0.3, -0.25) is 4.79 Å². The van der Waals surface area contributed by atoms with E-state index >= 15 is 0 Å². The fraction of sp³-hybridized carbons (Fsp3) is 0.350. The average Bonchev–Trinajstić information content (AvgIpc) is 2.61. The first-order valence-electron chi connectivity index (χ1n) is 8.83. The predicted octanol–water partition coefficient (Wildman–Crippen LogP) is 3.75. The van der Waals surface area contributed by atoms with Gasteiger partial charge in [-0.25, -0.2) is 8.42 Å². The highest BCUT2D eigenvalue weighted by atomic mass is 35.5. The minimum atomic E-state index is -3.84. The zero-order valence-electron chi connectivity index (χ0n) is 15.8. The van der Waals surface area contributed by atoms with Crippen LogP contribution in [0.2, 0.25) is 5.02 Å². The molecule has 2 rings (SSSR count). The van der Waals surface area contributed by atoms with Crippen molar-refractivity contribution in [1.82, 2.24) is 9.62 Å². The molecule has 1 N–H and O–H groups in total. The molecule has 0 aliphatic heterocycles. The number of hydrogen-bond acceptors (Lipinski definition) is 3. The molecule has 0 spiro atoms. The summed E-state index contributed by atoms with van der Waals surface area (Å²) in [4.78, 5) is 12.5. The van der Waals surface area contributed by atoms with Crippen molar-refractivity contribution in [3.63, 3.8) is 0 Å². The number of nitrogens with zero attached hydrogens (tertiary/aromatic N) is 1. The van der Waals surface area contributed by atoms with Crippen LogP contribution in [0.1, 0.15) is 31.4 Å². The molecule has 1 amide bonds. The Morgan fingerprint density at radius 3 is 2.44 bits per heavy atom. The average molecular weight is 409 g/mol. The number of rotatable bonds is 8. The maximum atomic E-state index is 13.1. The van der Waals surface area contributed by atoms with Gasteiger partial charge in [-0.2, -0.15) is 4.31 Å². The van der Waals surface area contributed by atoms with Gasteiger partial charge in [0.05, 0.1) is 11.4 Å². The molecule has 0 saturated heterocycles. The van der Waals surface area contributed by atoms with Gasteiger partial charge >= 0.3 is 0 Å². The second-order valence-electron chi connectivity index (χ2n) is 6.59. The number of amides is 1. The van der Waals surface area contributed by atoms with Gasteiger partial charge in [-0.05, 0) is 50.1 Å². The lowest BCUT2D eigenvalue weighted by molar-refractivity contribution is -0.122. The number of sulfonamides is 1. The van der Waals surface area contributed by atoms with Gasteiger partial charge in [0.25, 0.3) is 0 Å². The van der Waals surface area contributed by atoms with Gasteiger partial charge < -0.3 is 5.32 Å². The summed E-state index contributed by atoms with van der Waals surface area (Å²) in [5.41, 5.74) is 1.68. The van der Waals surface area contributed by atoms with Gasteiger partial charge in [0.15, 0.2) is 0 Å². The summed E-state index contributed by atoms with van der Waals surface area (Å²) in [7, 11) is -3.84. The van der Waals surface area contributed by atoms with Crippen molar-refractivity contribution in [1.29, 1.82) is 0 Å². The minimum Gasteiger partial charge on any atom is -0.353 e. The van der Waals surface area contributed by atoms with E-state index < -0.39 is 10.0 Å². The van der Waals surface area contributed by atoms with Crippen molar-refractivity contribution in [2.24, 2.45) is 0 Å². The normalized spacial score (nSPS) is 12.8. The molecule has 2 aromatic carbocycles. The number of halogens is 1. The highest BCUT2D eigenvalue weighted by Gasteiger charge is 2.27. The number of aryl methyl sites for hydroxylation is 1. The number of hydrogen-bond donors (Lipinski definition) is 1. The molecule has 0 bridgehead atoms. The molecular weight excluding hydrogens is 384 g/mol. The van der Waals surface area contributed by atoms with Crippen molar-refractivity contribution >= 4 is 27.5 Å². The number of carbonyl (C=O) groups excluding carboxylic acids is 1. The summed E-state index contributed by atoms with van der Waals surface area (Å²) in [5.74, 6) is -0.331. The van der Waals surface area contributed by atoms with Gasteiger partial charge in [0.2, 0.25) is 15.9 Å². The van der Waals surface area contributed by atoms with E-state index in [0.717, 1.165) is 17.5 Å². The van der Waals surface area contributed by atoms with E-state index in [9.17, 15) is 13.2 Å². The Morgan fingerprint density at radius 1 is 1.19 bits per heavy atom. The maximum Gasteiger partial charge on any atom is 0.243 e. The SMILES string of the molecule is CC[C@@H](C)NC(=O)CN(Cc1cccc(Cl)c1)S(=O)(=O)c1ccc(C)cc1. The molecule has 0 heterocycles. The van der Waals surface area contributed by atoms with Crippen molar-refractivity contribution in [3.8, 4) is 0 Å². The van der Waals surface area contributed by atoms with Crippen LogP contribution in [0.3, 0.4) is 0 Å². The predicted molar refractivity (Wildman–Crippen MR) is 108 cm³/mol. The molecule has 7 heteroatoms. The molecule has 27 heavy (non-hydrogen) atoms. The fourth-order valence-corrected chi connectivity index (χ4v) is 4.10. The Labute approximate surface area is 166 Å². The number of benzene rings is 2. The summed E-state index contributed by atoms with van der Waals surface area (Å²) >= 11 is 6.02. The van der Waals surface area contributed by atoms with Gasteiger partial charge in [0.1, 0.15) is 0 Å². The van der Waals surface area contributed by atoms with Crippen LogP contribution in [0.5, 0.6) is 0 Å². The van der Waals surface area contributed by atoms with E-state index in [1.165, 1.54) is 4.31 Å². The van der Waals surface area contributed by atoms with E-state index in [0.29, 0.717) is 5.02 Å². The summed E-state index contributed by atoms with van der Waals surface area (Å²) in [5, 5.41) is 3.34. The Hall–Kier alpha value is -1.89. The molecule has 2 aromatic rings. The molecule has 5 nitrogen and oxygen atoms in total. The summed E-state index contributed by atoms with van der Waals surface area (Å²) in [6.07, 6.45) is 0.769. The van der Waals surface area contributed by atoms with Crippen LogP contribution >= 0.6 is 11.6 Å². The Balaban J connectivity index is 2.32. The molecule has 0 aliphatic carbocycles. The van der Waals surface area contributed by atoms with Crippen LogP contribution in [0, 0.1) is 6.92 Å². The third-order valence-corrected chi connectivity index (χ3v) is 6.29. The standard InChI is InChI=1S/C20H25ClN2O3S/c1-4-16(3)22-20(24)14-23(13-17-6-5-7-18(21)12-17)27(25,26)19-10-8-15(2)9-11-19/h5-12,16H,4,13-14H2,1-3H3,(H,22,24)/t16-/m1/s1. The van der Waals surface area contributed by atoms with Gasteiger partial charge in [0, 0.05) is 17.6 Å². The van der Waals surface area contributed by atoms with Crippen molar-refractivity contribution in [2.75, 3.05) is 6.54 Å². The lowest BCUT2D eigenvalue weighted by Gasteiger charge is -2.23. The monoisotopic (exact) mass is 408 g/mol. The van der Waals surface area contributed by atoms with E-state index in [4.69, 9.17) is 11.6 Å². The molecule has 1 atom stereocenters. The second-order valence-corrected chi connectivity index (χ2v) is 8.97. The van der Waals surface area contributed by atoms with Crippen molar-refractivity contribution in [3.05, 3.63) is 64.7 Å². The number of carbonyl (C=O) groups is 1. The minimum absolute atomic E-state index is 0.0207.